The lowest BCUT2D eigenvalue weighted by atomic mass is 10.1. The first-order chi connectivity index (χ1) is 16.0. The maximum absolute atomic E-state index is 12.6. The Morgan fingerprint density at radius 3 is 2.79 bits per heavy atom. The number of rotatable bonds is 11. The van der Waals surface area contributed by atoms with E-state index in [1.807, 2.05) is 24.5 Å². The predicted molar refractivity (Wildman–Crippen MR) is 129 cm³/mol. The van der Waals surface area contributed by atoms with Crippen LogP contribution in [0.1, 0.15) is 47.6 Å². The number of carbonyl (C=O) groups excluding carboxylic acids is 1. The molecule has 0 atom stereocenters. The molecule has 7 nitrogen and oxygen atoms in total. The van der Waals surface area contributed by atoms with Crippen molar-refractivity contribution in [2.45, 2.75) is 45.0 Å². The number of hydrogen-bond acceptors (Lipinski definition) is 6. The molecule has 172 valence electrons. The number of ether oxygens (including phenoxy) is 1. The Balaban J connectivity index is 1.51. The second-order valence-electron chi connectivity index (χ2n) is 8.05. The molecule has 0 saturated heterocycles. The lowest BCUT2D eigenvalue weighted by Crippen LogP contribution is -2.25. The maximum atomic E-state index is 12.6. The molecule has 33 heavy (non-hydrogen) atoms. The Labute approximate surface area is 199 Å². The minimum atomic E-state index is -0.147. The van der Waals surface area contributed by atoms with Crippen molar-refractivity contribution in [3.8, 4) is 11.8 Å². The molecule has 1 amide bonds. The number of nitrogens with one attached hydrogen (secondary N) is 1. The molecule has 1 heterocycles. The van der Waals surface area contributed by atoms with Crippen molar-refractivity contribution in [3.63, 3.8) is 0 Å². The van der Waals surface area contributed by atoms with Crippen molar-refractivity contribution in [1.82, 2.24) is 20.1 Å². The molecule has 3 rings (SSSR count). The first-order valence-corrected chi connectivity index (χ1v) is 12.2. The lowest BCUT2D eigenvalue weighted by Gasteiger charge is -2.12. The van der Waals surface area contributed by atoms with Gasteiger partial charge in [0.25, 0.3) is 5.91 Å². The zero-order chi connectivity index (χ0) is 23.6. The molecule has 0 bridgehead atoms. The van der Waals surface area contributed by atoms with Crippen molar-refractivity contribution in [2.24, 2.45) is 5.92 Å². The molecular weight excluding hydrogens is 434 g/mol. The van der Waals surface area contributed by atoms with Gasteiger partial charge in [-0.05, 0) is 42.9 Å². The molecule has 0 saturated carbocycles. The molecule has 0 aliphatic carbocycles. The van der Waals surface area contributed by atoms with Crippen LogP contribution in [-0.4, -0.2) is 33.5 Å². The van der Waals surface area contributed by atoms with Crippen LogP contribution in [0.5, 0.6) is 5.75 Å². The summed E-state index contributed by atoms with van der Waals surface area (Å²) in [5, 5.41) is 21.7. The summed E-state index contributed by atoms with van der Waals surface area (Å²) in [6.45, 7) is 6.05. The molecule has 2 aromatic carbocycles. The van der Waals surface area contributed by atoms with E-state index in [2.05, 4.69) is 40.0 Å². The highest BCUT2D eigenvalue weighted by atomic mass is 32.2. The van der Waals surface area contributed by atoms with Gasteiger partial charge in [-0.2, -0.15) is 5.26 Å². The topological polar surface area (TPSA) is 92.8 Å². The quantitative estimate of drug-likeness (QED) is 0.333. The monoisotopic (exact) mass is 463 g/mol. The molecule has 0 aliphatic heterocycles. The smallest absolute Gasteiger partial charge is 0.251 e. The number of carbonyl (C=O) groups is 1. The number of aryl methyl sites for hydroxylation is 1. The Morgan fingerprint density at radius 1 is 1.21 bits per heavy atom. The van der Waals surface area contributed by atoms with Crippen LogP contribution in [0.25, 0.3) is 0 Å². The Morgan fingerprint density at radius 2 is 2.03 bits per heavy atom. The SMILES string of the molecule is CSc1nnc(CCCNC(=O)c2cccc(OCc3ccccc3C#N)c2)n1CC(C)C. The van der Waals surface area contributed by atoms with Crippen LogP contribution < -0.4 is 10.1 Å². The summed E-state index contributed by atoms with van der Waals surface area (Å²) in [5.41, 5.74) is 1.93. The number of benzene rings is 2. The van der Waals surface area contributed by atoms with Gasteiger partial charge in [0.2, 0.25) is 0 Å². The van der Waals surface area contributed by atoms with E-state index in [1.165, 1.54) is 0 Å². The van der Waals surface area contributed by atoms with E-state index < -0.39 is 0 Å². The summed E-state index contributed by atoms with van der Waals surface area (Å²) in [5.74, 6) is 1.90. The van der Waals surface area contributed by atoms with Gasteiger partial charge in [-0.3, -0.25) is 4.79 Å². The van der Waals surface area contributed by atoms with Crippen molar-refractivity contribution >= 4 is 17.7 Å². The van der Waals surface area contributed by atoms with Crippen LogP contribution in [0.2, 0.25) is 0 Å². The minimum Gasteiger partial charge on any atom is -0.489 e. The lowest BCUT2D eigenvalue weighted by molar-refractivity contribution is 0.0952. The van der Waals surface area contributed by atoms with Gasteiger partial charge in [-0.1, -0.05) is 49.9 Å². The summed E-state index contributed by atoms with van der Waals surface area (Å²) >= 11 is 1.60. The van der Waals surface area contributed by atoms with Gasteiger partial charge in [0.15, 0.2) is 5.16 Å². The van der Waals surface area contributed by atoms with Crippen LogP contribution in [0, 0.1) is 17.2 Å². The first-order valence-electron chi connectivity index (χ1n) is 11.0. The zero-order valence-electron chi connectivity index (χ0n) is 19.2. The van der Waals surface area contributed by atoms with Crippen LogP contribution >= 0.6 is 11.8 Å². The summed E-state index contributed by atoms with van der Waals surface area (Å²) in [6.07, 6.45) is 3.53. The normalized spacial score (nSPS) is 10.8. The van der Waals surface area contributed by atoms with Gasteiger partial charge in [0.1, 0.15) is 18.2 Å². The molecule has 0 radical (unpaired) electrons. The number of hydrogen-bond donors (Lipinski definition) is 1. The van der Waals surface area contributed by atoms with Crippen LogP contribution in [-0.2, 0) is 19.6 Å². The molecule has 0 unspecified atom stereocenters. The number of nitriles is 1. The average molecular weight is 464 g/mol. The van der Waals surface area contributed by atoms with Gasteiger partial charge >= 0.3 is 0 Å². The molecule has 0 aliphatic rings. The summed E-state index contributed by atoms with van der Waals surface area (Å²) in [6, 6.07) is 16.5. The Hall–Kier alpha value is -3.31. The highest BCUT2D eigenvalue weighted by molar-refractivity contribution is 7.98. The van der Waals surface area contributed by atoms with Gasteiger partial charge in [0, 0.05) is 30.6 Å². The Kier molecular flexibility index (Phi) is 8.90. The molecule has 0 spiro atoms. The number of nitrogens with zero attached hydrogens (tertiary/aromatic N) is 4. The van der Waals surface area contributed by atoms with E-state index >= 15 is 0 Å². The summed E-state index contributed by atoms with van der Waals surface area (Å²) in [7, 11) is 0. The zero-order valence-corrected chi connectivity index (χ0v) is 20.1. The van der Waals surface area contributed by atoms with Crippen molar-refractivity contribution in [1.29, 1.82) is 5.26 Å². The van der Waals surface area contributed by atoms with Crippen molar-refractivity contribution in [3.05, 3.63) is 71.0 Å². The van der Waals surface area contributed by atoms with E-state index in [9.17, 15) is 10.1 Å². The minimum absolute atomic E-state index is 0.147. The van der Waals surface area contributed by atoms with Crippen LogP contribution in [0.3, 0.4) is 0 Å². The van der Waals surface area contributed by atoms with E-state index in [-0.39, 0.29) is 12.5 Å². The number of thioether (sulfide) groups is 1. The van der Waals surface area contributed by atoms with Gasteiger partial charge < -0.3 is 14.6 Å². The molecule has 0 fully saturated rings. The van der Waals surface area contributed by atoms with Gasteiger partial charge in [0.05, 0.1) is 11.6 Å². The van der Waals surface area contributed by atoms with Gasteiger partial charge in [-0.15, -0.1) is 10.2 Å². The van der Waals surface area contributed by atoms with Gasteiger partial charge in [-0.25, -0.2) is 0 Å². The van der Waals surface area contributed by atoms with Crippen LogP contribution in [0.15, 0.2) is 53.7 Å². The predicted octanol–water partition coefficient (Wildman–Crippen LogP) is 4.47. The van der Waals surface area contributed by atoms with E-state index in [0.29, 0.717) is 29.3 Å². The largest absolute Gasteiger partial charge is 0.489 e. The molecule has 8 heteroatoms. The molecule has 1 N–H and O–H groups in total. The third-order valence-electron chi connectivity index (χ3n) is 5.01. The van der Waals surface area contributed by atoms with E-state index in [4.69, 9.17) is 4.74 Å². The summed E-state index contributed by atoms with van der Waals surface area (Å²) < 4.78 is 7.98. The van der Waals surface area contributed by atoms with Crippen LogP contribution in [0.4, 0.5) is 0 Å². The van der Waals surface area contributed by atoms with Crippen molar-refractivity contribution in [2.75, 3.05) is 12.8 Å². The Bertz CT molecular complexity index is 1120. The molecule has 3 aromatic rings. The standard InChI is InChI=1S/C25H29N5O2S/c1-18(2)16-30-23(28-29-25(30)33-3)12-7-13-27-24(31)19-10-6-11-22(14-19)32-17-21-9-5-4-8-20(21)15-26/h4-6,8-11,14,18H,7,12-13,16-17H2,1-3H3,(H,27,31). The molecular formula is C25H29N5O2S. The van der Waals surface area contributed by atoms with E-state index in [0.717, 1.165) is 35.9 Å². The highest BCUT2D eigenvalue weighted by Gasteiger charge is 2.13. The van der Waals surface area contributed by atoms with E-state index in [1.54, 1.807) is 42.1 Å². The molecule has 1 aromatic heterocycles. The maximum Gasteiger partial charge on any atom is 0.251 e. The fourth-order valence-electron chi connectivity index (χ4n) is 3.40. The third-order valence-corrected chi connectivity index (χ3v) is 5.68. The second-order valence-corrected chi connectivity index (χ2v) is 8.83. The first kappa shape index (κ1) is 24.3. The third kappa shape index (κ3) is 6.83. The number of amides is 1. The fraction of sp³-hybridized carbons (Fsp3) is 0.360. The highest BCUT2D eigenvalue weighted by Crippen LogP contribution is 2.18. The second kappa shape index (κ2) is 12.1. The fourth-order valence-corrected chi connectivity index (χ4v) is 3.92. The summed E-state index contributed by atoms with van der Waals surface area (Å²) in [4.78, 5) is 12.6. The van der Waals surface area contributed by atoms with Crippen molar-refractivity contribution < 1.29 is 9.53 Å². The average Bonchev–Trinajstić information content (AvgIpc) is 3.21. The number of aromatic nitrogens is 3.